The van der Waals surface area contributed by atoms with Crippen LogP contribution in [0.5, 0.6) is 0 Å². The quantitative estimate of drug-likeness (QED) is 0.637. The standard InChI is InChI=1S/C16H17Cl2N3O/c17-12-6-13(18)8-15(7-12)20-10-11(9-19)16(22)21-14-4-2-1-3-5-14/h6-8,10,14,20H,1-5H2,(H,21,22)/b11-10-. The third kappa shape index (κ3) is 4.94. The lowest BCUT2D eigenvalue weighted by molar-refractivity contribution is -0.118. The Kier molecular flexibility index (Phi) is 6.11. The molecule has 1 aliphatic rings. The van der Waals surface area contributed by atoms with Crippen LogP contribution in [-0.2, 0) is 4.79 Å². The molecule has 0 atom stereocenters. The van der Waals surface area contributed by atoms with Gasteiger partial charge in [-0.3, -0.25) is 4.79 Å². The Hall–Kier alpha value is -1.70. The first-order chi connectivity index (χ1) is 10.6. The molecule has 1 aromatic carbocycles. The zero-order chi connectivity index (χ0) is 15.9. The molecule has 0 unspecified atom stereocenters. The lowest BCUT2D eigenvalue weighted by Crippen LogP contribution is -2.37. The van der Waals surface area contributed by atoms with Gasteiger partial charge in [0.2, 0.25) is 0 Å². The molecule has 4 nitrogen and oxygen atoms in total. The van der Waals surface area contributed by atoms with Crippen molar-refractivity contribution in [2.45, 2.75) is 38.1 Å². The smallest absolute Gasteiger partial charge is 0.263 e. The van der Waals surface area contributed by atoms with Crippen LogP contribution < -0.4 is 10.6 Å². The molecular weight excluding hydrogens is 321 g/mol. The summed E-state index contributed by atoms with van der Waals surface area (Å²) >= 11 is 11.8. The number of halogens is 2. The van der Waals surface area contributed by atoms with Gasteiger partial charge < -0.3 is 10.6 Å². The van der Waals surface area contributed by atoms with E-state index in [1.165, 1.54) is 12.6 Å². The van der Waals surface area contributed by atoms with Gasteiger partial charge in [-0.2, -0.15) is 5.26 Å². The highest BCUT2D eigenvalue weighted by Crippen LogP contribution is 2.22. The van der Waals surface area contributed by atoms with E-state index < -0.39 is 0 Å². The molecule has 1 fully saturated rings. The molecule has 2 rings (SSSR count). The largest absolute Gasteiger partial charge is 0.360 e. The number of hydrogen-bond donors (Lipinski definition) is 2. The van der Waals surface area contributed by atoms with E-state index in [0.29, 0.717) is 15.7 Å². The summed E-state index contributed by atoms with van der Waals surface area (Å²) in [5, 5.41) is 15.9. The Morgan fingerprint density at radius 1 is 1.18 bits per heavy atom. The maximum atomic E-state index is 12.1. The molecule has 0 bridgehead atoms. The van der Waals surface area contributed by atoms with Gasteiger partial charge in [0.05, 0.1) is 0 Å². The molecule has 0 spiro atoms. The van der Waals surface area contributed by atoms with Crippen LogP contribution in [0.2, 0.25) is 10.0 Å². The maximum absolute atomic E-state index is 12.1. The number of hydrogen-bond acceptors (Lipinski definition) is 3. The Balaban J connectivity index is 2.00. The predicted molar refractivity (Wildman–Crippen MR) is 88.8 cm³/mol. The summed E-state index contributed by atoms with van der Waals surface area (Å²) in [6.07, 6.45) is 6.78. The van der Waals surface area contributed by atoms with E-state index in [2.05, 4.69) is 10.6 Å². The molecule has 6 heteroatoms. The van der Waals surface area contributed by atoms with Crippen LogP contribution in [0.3, 0.4) is 0 Å². The average molecular weight is 338 g/mol. The second kappa shape index (κ2) is 8.07. The summed E-state index contributed by atoms with van der Waals surface area (Å²) in [6, 6.07) is 7.02. The van der Waals surface area contributed by atoms with Gasteiger partial charge in [-0.05, 0) is 31.0 Å². The van der Waals surface area contributed by atoms with Crippen molar-refractivity contribution in [3.8, 4) is 6.07 Å². The summed E-state index contributed by atoms with van der Waals surface area (Å²) in [4.78, 5) is 12.1. The lowest BCUT2D eigenvalue weighted by atomic mass is 9.95. The highest BCUT2D eigenvalue weighted by Gasteiger charge is 2.17. The summed E-state index contributed by atoms with van der Waals surface area (Å²) in [5.74, 6) is -0.352. The third-order valence-electron chi connectivity index (χ3n) is 3.55. The van der Waals surface area contributed by atoms with Crippen LogP contribution in [0.1, 0.15) is 32.1 Å². The van der Waals surface area contributed by atoms with E-state index in [0.717, 1.165) is 25.7 Å². The second-order valence-corrected chi connectivity index (χ2v) is 6.15. The minimum atomic E-state index is -0.352. The van der Waals surface area contributed by atoms with Crippen LogP contribution in [-0.4, -0.2) is 11.9 Å². The zero-order valence-electron chi connectivity index (χ0n) is 12.0. The number of carbonyl (C=O) groups is 1. The minimum absolute atomic E-state index is 0.0293. The van der Waals surface area contributed by atoms with Crippen LogP contribution in [0.4, 0.5) is 5.69 Å². The SMILES string of the molecule is N#C/C(=C/Nc1cc(Cl)cc(Cl)c1)C(=O)NC1CCCCC1. The minimum Gasteiger partial charge on any atom is -0.360 e. The van der Waals surface area contributed by atoms with E-state index in [4.69, 9.17) is 28.5 Å². The first-order valence-electron chi connectivity index (χ1n) is 7.22. The number of nitrogens with zero attached hydrogens (tertiary/aromatic N) is 1. The van der Waals surface area contributed by atoms with Gasteiger partial charge in [0.1, 0.15) is 11.6 Å². The lowest BCUT2D eigenvalue weighted by Gasteiger charge is -2.22. The summed E-state index contributed by atoms with van der Waals surface area (Å²) < 4.78 is 0. The molecular formula is C16H17Cl2N3O. The monoisotopic (exact) mass is 337 g/mol. The number of amides is 1. The van der Waals surface area contributed by atoms with E-state index in [-0.39, 0.29) is 17.5 Å². The van der Waals surface area contributed by atoms with Crippen molar-refractivity contribution in [3.05, 3.63) is 40.0 Å². The first-order valence-corrected chi connectivity index (χ1v) is 7.98. The van der Waals surface area contributed by atoms with Crippen molar-refractivity contribution in [1.29, 1.82) is 5.26 Å². The number of anilines is 1. The van der Waals surface area contributed by atoms with Crippen LogP contribution in [0.15, 0.2) is 30.0 Å². The van der Waals surface area contributed by atoms with Gasteiger partial charge in [0, 0.05) is 28.0 Å². The molecule has 0 saturated heterocycles. The fourth-order valence-corrected chi connectivity index (χ4v) is 2.98. The van der Waals surface area contributed by atoms with Crippen molar-refractivity contribution in [2.24, 2.45) is 0 Å². The fourth-order valence-electron chi connectivity index (χ4n) is 2.45. The third-order valence-corrected chi connectivity index (χ3v) is 3.99. The Morgan fingerprint density at radius 2 is 1.82 bits per heavy atom. The Labute approximate surface area is 140 Å². The second-order valence-electron chi connectivity index (χ2n) is 5.28. The van der Waals surface area contributed by atoms with E-state index in [1.54, 1.807) is 18.2 Å². The fraction of sp³-hybridized carbons (Fsp3) is 0.375. The predicted octanol–water partition coefficient (Wildman–Crippen LogP) is 4.26. The molecule has 2 N–H and O–H groups in total. The highest BCUT2D eigenvalue weighted by atomic mass is 35.5. The van der Waals surface area contributed by atoms with Crippen LogP contribution >= 0.6 is 23.2 Å². The topological polar surface area (TPSA) is 64.9 Å². The Morgan fingerprint density at radius 3 is 2.41 bits per heavy atom. The van der Waals surface area contributed by atoms with Crippen LogP contribution in [0.25, 0.3) is 0 Å². The summed E-state index contributed by atoms with van der Waals surface area (Å²) in [5.41, 5.74) is 0.650. The molecule has 0 aromatic heterocycles. The molecule has 1 aromatic rings. The summed E-state index contributed by atoms with van der Waals surface area (Å²) in [7, 11) is 0. The van der Waals surface area contributed by atoms with Gasteiger partial charge in [-0.15, -0.1) is 0 Å². The van der Waals surface area contributed by atoms with Gasteiger partial charge >= 0.3 is 0 Å². The van der Waals surface area contributed by atoms with Crippen LogP contribution in [0, 0.1) is 11.3 Å². The molecule has 0 aliphatic heterocycles. The van der Waals surface area contributed by atoms with Gasteiger partial charge in [-0.25, -0.2) is 0 Å². The van der Waals surface area contributed by atoms with Gasteiger partial charge in [-0.1, -0.05) is 42.5 Å². The summed E-state index contributed by atoms with van der Waals surface area (Å²) in [6.45, 7) is 0. The number of benzene rings is 1. The molecule has 22 heavy (non-hydrogen) atoms. The number of nitrogens with one attached hydrogen (secondary N) is 2. The molecule has 0 radical (unpaired) electrons. The van der Waals surface area contributed by atoms with Gasteiger partial charge in [0.15, 0.2) is 0 Å². The highest BCUT2D eigenvalue weighted by molar-refractivity contribution is 6.35. The van der Waals surface area contributed by atoms with Crippen molar-refractivity contribution in [2.75, 3.05) is 5.32 Å². The molecule has 1 aliphatic carbocycles. The average Bonchev–Trinajstić information content (AvgIpc) is 2.48. The number of rotatable bonds is 4. The van der Waals surface area contributed by atoms with Crippen molar-refractivity contribution in [1.82, 2.24) is 5.32 Å². The Bertz CT molecular complexity index is 596. The molecule has 1 amide bonds. The number of carbonyl (C=O) groups excluding carboxylic acids is 1. The maximum Gasteiger partial charge on any atom is 0.263 e. The van der Waals surface area contributed by atoms with Gasteiger partial charge in [0.25, 0.3) is 5.91 Å². The van der Waals surface area contributed by atoms with E-state index in [1.807, 2.05) is 6.07 Å². The molecule has 116 valence electrons. The van der Waals surface area contributed by atoms with Crippen molar-refractivity contribution < 1.29 is 4.79 Å². The van der Waals surface area contributed by atoms with Crippen molar-refractivity contribution >= 4 is 34.8 Å². The van der Waals surface area contributed by atoms with Crippen molar-refractivity contribution in [3.63, 3.8) is 0 Å². The molecule has 1 saturated carbocycles. The number of nitriles is 1. The first kappa shape index (κ1) is 16.7. The van der Waals surface area contributed by atoms with E-state index >= 15 is 0 Å². The van der Waals surface area contributed by atoms with E-state index in [9.17, 15) is 4.79 Å². The molecule has 0 heterocycles. The normalized spacial score (nSPS) is 16.0. The zero-order valence-corrected chi connectivity index (χ0v) is 13.5.